The lowest BCUT2D eigenvalue weighted by Gasteiger charge is -2.33. The molecule has 2 aromatic carbocycles. The quantitative estimate of drug-likeness (QED) is 0.297. The second-order valence-corrected chi connectivity index (χ2v) is 5.59. The van der Waals surface area contributed by atoms with E-state index < -0.39 is 46.9 Å². The zero-order valence-corrected chi connectivity index (χ0v) is 14.5. The number of carbonyl (C=O) groups excluding carboxylic acids is 3. The van der Waals surface area contributed by atoms with Crippen molar-refractivity contribution in [2.24, 2.45) is 5.41 Å². The lowest BCUT2D eigenvalue weighted by atomic mass is 9.80. The number of halogens is 6. The van der Waals surface area contributed by atoms with E-state index >= 15 is 0 Å². The molecule has 0 fully saturated rings. The summed E-state index contributed by atoms with van der Waals surface area (Å²) in [7, 11) is 0. The van der Waals surface area contributed by atoms with Gasteiger partial charge in [0, 0.05) is 4.53 Å². The summed E-state index contributed by atoms with van der Waals surface area (Å²) in [5.41, 5.74) is -5.20. The topological polar surface area (TPSA) is 78.9 Å². The van der Waals surface area contributed by atoms with Crippen molar-refractivity contribution in [1.82, 2.24) is 0 Å². The van der Waals surface area contributed by atoms with Crippen molar-refractivity contribution in [2.45, 2.75) is 12.1 Å². The number of esters is 2. The zero-order valence-electron chi connectivity index (χ0n) is 14.5. The molecule has 0 aliphatic heterocycles. The first-order chi connectivity index (χ1) is 14.0. The van der Waals surface area contributed by atoms with Crippen molar-refractivity contribution in [3.8, 4) is 11.5 Å². The second-order valence-electron chi connectivity index (χ2n) is 5.59. The van der Waals surface area contributed by atoms with Crippen molar-refractivity contribution in [1.29, 1.82) is 0 Å². The molecular weight excluding hydrogens is 426 g/mol. The molecule has 12 heteroatoms. The van der Waals surface area contributed by atoms with E-state index in [-0.39, 0.29) is 0 Å². The summed E-state index contributed by atoms with van der Waals surface area (Å²) in [6.07, 6.45) is -6.69. The number of benzene rings is 2. The van der Waals surface area contributed by atoms with Gasteiger partial charge in [-0.25, -0.2) is 14.4 Å². The van der Waals surface area contributed by atoms with E-state index in [1.165, 1.54) is 36.4 Å². The third kappa shape index (κ3) is 3.93. The molecule has 0 aliphatic carbocycles. The van der Waals surface area contributed by atoms with Gasteiger partial charge < -0.3 is 9.47 Å². The largest absolute Gasteiger partial charge is 0.455 e. The molecule has 0 spiro atoms. The van der Waals surface area contributed by atoms with Crippen LogP contribution < -0.4 is 9.47 Å². The molecule has 0 aliphatic rings. The Morgan fingerprint density at radius 2 is 1.00 bits per heavy atom. The molecule has 30 heavy (non-hydrogen) atoms. The van der Waals surface area contributed by atoms with E-state index in [1.807, 2.05) is 0 Å². The van der Waals surface area contributed by atoms with Crippen molar-refractivity contribution in [2.75, 3.05) is 0 Å². The van der Waals surface area contributed by atoms with Crippen LogP contribution in [0.3, 0.4) is 0 Å². The fourth-order valence-corrected chi connectivity index (χ4v) is 2.25. The van der Waals surface area contributed by atoms with Crippen molar-refractivity contribution >= 4 is 17.9 Å². The fraction of sp³-hybridized carbons (Fsp3) is 0.167. The van der Waals surface area contributed by atoms with E-state index in [0.29, 0.717) is 0 Å². The van der Waals surface area contributed by atoms with Gasteiger partial charge >= 0.3 is 35.4 Å². The van der Waals surface area contributed by atoms with Gasteiger partial charge in [-0.05, 0) is 24.3 Å². The number of hydrogen-bond donors (Lipinski definition) is 0. The highest BCUT2D eigenvalue weighted by Gasteiger charge is 2.84. The molecule has 0 heterocycles. The van der Waals surface area contributed by atoms with Crippen LogP contribution in [0.15, 0.2) is 60.7 Å². The van der Waals surface area contributed by atoms with Gasteiger partial charge in [-0.1, -0.05) is 36.4 Å². The average Bonchev–Trinajstić information content (AvgIpc) is 2.68. The van der Waals surface area contributed by atoms with E-state index in [1.54, 1.807) is 0 Å². The lowest BCUT2D eigenvalue weighted by Crippen LogP contribution is -2.66. The molecule has 0 bridgehead atoms. The highest BCUT2D eigenvalue weighted by atomic mass is 19.4. The Morgan fingerprint density at radius 3 is 1.30 bits per heavy atom. The number of rotatable bonds is 6. The van der Waals surface area contributed by atoms with Crippen molar-refractivity contribution in [3.05, 3.63) is 60.7 Å². The average molecular weight is 436 g/mol. The van der Waals surface area contributed by atoms with E-state index in [0.717, 1.165) is 24.3 Å². The molecule has 0 N–H and O–H groups in total. The Morgan fingerprint density at radius 1 is 0.633 bits per heavy atom. The van der Waals surface area contributed by atoms with Gasteiger partial charge in [0.1, 0.15) is 11.5 Å². The van der Waals surface area contributed by atoms with Gasteiger partial charge in [0.25, 0.3) is 0 Å². The maximum Gasteiger partial charge on any atom is 0.455 e. The van der Waals surface area contributed by atoms with Crippen LogP contribution in [-0.2, 0) is 19.3 Å². The van der Waals surface area contributed by atoms with Crippen LogP contribution in [0.1, 0.15) is 0 Å². The molecule has 2 aromatic rings. The lowest BCUT2D eigenvalue weighted by molar-refractivity contribution is -0.320. The predicted molar refractivity (Wildman–Crippen MR) is 84.8 cm³/mol. The molecule has 0 radical (unpaired) electrons. The van der Waals surface area contributed by atoms with Crippen LogP contribution in [0.5, 0.6) is 11.5 Å². The van der Waals surface area contributed by atoms with Crippen molar-refractivity contribution in [3.63, 3.8) is 0 Å². The zero-order chi connectivity index (χ0) is 22.6. The number of carbonyl (C=O) groups is 3. The van der Waals surface area contributed by atoms with Gasteiger partial charge in [-0.2, -0.15) is 22.0 Å². The standard InChI is InChI=1S/C18H10F6O6/c19-17(20,18(21,22)23)16(15(27)30-24,13(25)28-11-7-3-1-4-8-11)14(26)29-12-9-5-2-6-10-12/h1-10H. The molecule has 6 nitrogen and oxygen atoms in total. The summed E-state index contributed by atoms with van der Waals surface area (Å²) < 4.78 is 89.5. The Hall–Kier alpha value is -3.57. The third-order valence-electron chi connectivity index (χ3n) is 3.72. The molecule has 2 rings (SSSR count). The van der Waals surface area contributed by atoms with Crippen LogP contribution >= 0.6 is 0 Å². The molecule has 0 unspecified atom stereocenters. The molecule has 0 saturated carbocycles. The van der Waals surface area contributed by atoms with Crippen molar-refractivity contribution < 1.29 is 55.3 Å². The minimum atomic E-state index is -6.69. The van der Waals surface area contributed by atoms with Crippen LogP contribution in [-0.4, -0.2) is 30.0 Å². The highest BCUT2D eigenvalue weighted by Crippen LogP contribution is 2.51. The monoisotopic (exact) mass is 436 g/mol. The van der Waals surface area contributed by atoms with E-state index in [4.69, 9.17) is 0 Å². The Kier molecular flexibility index (Phi) is 6.38. The molecular formula is C18H10F6O6. The smallest absolute Gasteiger partial charge is 0.425 e. The molecule has 0 aromatic heterocycles. The first kappa shape index (κ1) is 22.7. The predicted octanol–water partition coefficient (Wildman–Crippen LogP) is 3.81. The Bertz CT molecular complexity index is 860. The van der Waals surface area contributed by atoms with Gasteiger partial charge in [0.2, 0.25) is 0 Å². The number of hydrogen-bond acceptors (Lipinski definition) is 6. The van der Waals surface area contributed by atoms with Crippen LogP contribution in [0.2, 0.25) is 0 Å². The van der Waals surface area contributed by atoms with Crippen LogP contribution in [0.4, 0.5) is 26.5 Å². The fourth-order valence-electron chi connectivity index (χ4n) is 2.25. The summed E-state index contributed by atoms with van der Waals surface area (Å²) >= 11 is 0. The van der Waals surface area contributed by atoms with Crippen LogP contribution in [0, 0.1) is 5.41 Å². The highest BCUT2D eigenvalue weighted by molar-refractivity contribution is 6.20. The summed E-state index contributed by atoms with van der Waals surface area (Å²) in [5.74, 6) is -16.4. The van der Waals surface area contributed by atoms with Gasteiger partial charge in [0.15, 0.2) is 0 Å². The second kappa shape index (κ2) is 8.43. The SMILES string of the molecule is O=C(OF)C(C(=O)Oc1ccccc1)(C(=O)Oc1ccccc1)C(F)(F)C(F)(F)F. The third-order valence-corrected chi connectivity index (χ3v) is 3.72. The number of ether oxygens (including phenoxy) is 2. The number of alkyl halides is 5. The Labute approximate surface area is 163 Å². The first-order valence-corrected chi connectivity index (χ1v) is 7.80. The number of para-hydroxylation sites is 2. The normalized spacial score (nSPS) is 12.1. The van der Waals surface area contributed by atoms with Gasteiger partial charge in [-0.3, -0.25) is 4.94 Å². The minimum Gasteiger partial charge on any atom is -0.425 e. The maximum absolute atomic E-state index is 14.4. The van der Waals surface area contributed by atoms with Gasteiger partial charge in [0.05, 0.1) is 0 Å². The summed E-state index contributed by atoms with van der Waals surface area (Å²) in [6.45, 7) is 0. The molecule has 0 atom stereocenters. The molecule has 0 saturated heterocycles. The Balaban J connectivity index is 2.67. The summed E-state index contributed by atoms with van der Waals surface area (Å²) in [5, 5.41) is 0. The minimum absolute atomic E-state index is 0.621. The van der Waals surface area contributed by atoms with E-state index in [2.05, 4.69) is 14.4 Å². The molecule has 160 valence electrons. The first-order valence-electron chi connectivity index (χ1n) is 7.80. The summed E-state index contributed by atoms with van der Waals surface area (Å²) in [4.78, 5) is 39.1. The van der Waals surface area contributed by atoms with Crippen LogP contribution in [0.25, 0.3) is 0 Å². The van der Waals surface area contributed by atoms with Gasteiger partial charge in [-0.15, -0.1) is 0 Å². The maximum atomic E-state index is 14.4. The summed E-state index contributed by atoms with van der Waals surface area (Å²) in [6, 6.07) is 11.3. The van der Waals surface area contributed by atoms with E-state index in [9.17, 15) is 40.9 Å². The molecule has 0 amide bonds.